The molecule has 0 saturated carbocycles. The second-order valence-corrected chi connectivity index (χ2v) is 5.35. The minimum Gasteiger partial charge on any atom is -0.281 e. The van der Waals surface area contributed by atoms with Crippen LogP contribution in [0.25, 0.3) is 16.9 Å². The van der Waals surface area contributed by atoms with Crippen molar-refractivity contribution in [1.82, 2.24) is 19.3 Å². The molecule has 0 saturated heterocycles. The van der Waals surface area contributed by atoms with E-state index in [0.717, 1.165) is 34.8 Å². The highest BCUT2D eigenvalue weighted by atomic mass is 35.5. The molecule has 104 valence electrons. The molecule has 0 amide bonds. The summed E-state index contributed by atoms with van der Waals surface area (Å²) in [6, 6.07) is 8.30. The van der Waals surface area contributed by atoms with E-state index in [9.17, 15) is 0 Å². The van der Waals surface area contributed by atoms with Gasteiger partial charge in [0.15, 0.2) is 5.65 Å². The average molecular weight is 289 g/mol. The zero-order valence-electron chi connectivity index (χ0n) is 11.9. The number of para-hydroxylation sites is 1. The predicted octanol–water partition coefficient (Wildman–Crippen LogP) is 3.16. The van der Waals surface area contributed by atoms with E-state index >= 15 is 0 Å². The minimum absolute atomic E-state index is 0.557. The van der Waals surface area contributed by atoms with Gasteiger partial charge in [-0.05, 0) is 25.5 Å². The third-order valence-electron chi connectivity index (χ3n) is 3.55. The van der Waals surface area contributed by atoms with Gasteiger partial charge in [-0.3, -0.25) is 4.57 Å². The third kappa shape index (κ3) is 1.91. The molecular weight excluding hydrogens is 272 g/mol. The van der Waals surface area contributed by atoms with Crippen molar-refractivity contribution in [3.05, 3.63) is 41.3 Å². The van der Waals surface area contributed by atoms with Crippen LogP contribution >= 0.6 is 11.6 Å². The van der Waals surface area contributed by atoms with Crippen molar-refractivity contribution in [2.45, 2.75) is 20.3 Å². The van der Waals surface area contributed by atoms with Gasteiger partial charge in [-0.1, -0.05) is 18.2 Å². The van der Waals surface area contributed by atoms with E-state index in [0.29, 0.717) is 5.88 Å². The summed E-state index contributed by atoms with van der Waals surface area (Å²) in [7, 11) is 1.95. The smallest absolute Gasteiger partial charge is 0.163 e. The maximum Gasteiger partial charge on any atom is 0.163 e. The number of halogens is 1. The zero-order chi connectivity index (χ0) is 14.3. The summed E-state index contributed by atoms with van der Waals surface area (Å²) in [6.07, 6.45) is 0.740. The molecule has 4 nitrogen and oxygen atoms in total. The Morgan fingerprint density at radius 3 is 2.65 bits per heavy atom. The Hall–Kier alpha value is -1.81. The summed E-state index contributed by atoms with van der Waals surface area (Å²) in [5.74, 6) is 1.54. The van der Waals surface area contributed by atoms with Crippen molar-refractivity contribution in [1.29, 1.82) is 0 Å². The van der Waals surface area contributed by atoms with Gasteiger partial charge in [0.25, 0.3) is 0 Å². The Balaban J connectivity index is 2.37. The first-order valence-electron chi connectivity index (χ1n) is 6.66. The van der Waals surface area contributed by atoms with Crippen LogP contribution in [0.2, 0.25) is 0 Å². The number of imidazole rings is 1. The van der Waals surface area contributed by atoms with Crippen LogP contribution in [0.1, 0.15) is 17.1 Å². The Kier molecular flexibility index (Phi) is 3.26. The van der Waals surface area contributed by atoms with Crippen LogP contribution in [0, 0.1) is 13.8 Å². The first kappa shape index (κ1) is 13.2. The molecule has 20 heavy (non-hydrogen) atoms. The number of benzene rings is 1. The van der Waals surface area contributed by atoms with E-state index in [1.54, 1.807) is 0 Å². The fourth-order valence-electron chi connectivity index (χ4n) is 2.64. The lowest BCUT2D eigenvalue weighted by Crippen LogP contribution is -2.07. The number of hydrogen-bond donors (Lipinski definition) is 0. The van der Waals surface area contributed by atoms with Gasteiger partial charge in [0.2, 0.25) is 0 Å². The van der Waals surface area contributed by atoms with Gasteiger partial charge in [0.1, 0.15) is 11.3 Å². The van der Waals surface area contributed by atoms with Crippen LogP contribution in [-0.4, -0.2) is 25.2 Å². The number of nitrogens with zero attached hydrogens (tertiary/aromatic N) is 4. The normalized spacial score (nSPS) is 11.4. The fourth-order valence-corrected chi connectivity index (χ4v) is 2.81. The molecule has 0 atom stereocenters. The number of fused-ring (bicyclic) bond motifs is 1. The highest BCUT2D eigenvalue weighted by molar-refractivity contribution is 6.17. The van der Waals surface area contributed by atoms with Crippen LogP contribution in [0.5, 0.6) is 0 Å². The molecule has 5 heteroatoms. The molecular formula is C15H17ClN4. The van der Waals surface area contributed by atoms with Crippen LogP contribution in [0.3, 0.4) is 0 Å². The van der Waals surface area contributed by atoms with Crippen molar-refractivity contribution >= 4 is 22.8 Å². The molecule has 0 spiro atoms. The molecule has 0 fully saturated rings. The summed E-state index contributed by atoms with van der Waals surface area (Å²) in [5, 5.41) is 4.47. The molecule has 0 radical (unpaired) electrons. The summed E-state index contributed by atoms with van der Waals surface area (Å²) in [6.45, 7) is 4.09. The number of aromatic nitrogens is 4. The van der Waals surface area contributed by atoms with E-state index in [1.165, 1.54) is 5.56 Å². The quantitative estimate of drug-likeness (QED) is 0.694. The summed E-state index contributed by atoms with van der Waals surface area (Å²) >= 11 is 5.93. The molecule has 3 aromatic rings. The van der Waals surface area contributed by atoms with Crippen molar-refractivity contribution < 1.29 is 0 Å². The van der Waals surface area contributed by atoms with Crippen LogP contribution < -0.4 is 0 Å². The molecule has 0 aliphatic rings. The molecule has 2 heterocycles. The largest absolute Gasteiger partial charge is 0.281 e. The van der Waals surface area contributed by atoms with E-state index in [-0.39, 0.29) is 0 Å². The highest BCUT2D eigenvalue weighted by Crippen LogP contribution is 2.25. The number of alkyl halides is 1. The minimum atomic E-state index is 0.557. The Labute approximate surface area is 123 Å². The van der Waals surface area contributed by atoms with Gasteiger partial charge < -0.3 is 0 Å². The van der Waals surface area contributed by atoms with Gasteiger partial charge in [-0.15, -0.1) is 11.6 Å². The van der Waals surface area contributed by atoms with Crippen LogP contribution in [0.4, 0.5) is 0 Å². The first-order valence-corrected chi connectivity index (χ1v) is 7.20. The summed E-state index contributed by atoms with van der Waals surface area (Å²) in [4.78, 5) is 4.74. The second kappa shape index (κ2) is 4.94. The van der Waals surface area contributed by atoms with Gasteiger partial charge in [-0.25, -0.2) is 9.67 Å². The van der Waals surface area contributed by atoms with E-state index in [2.05, 4.69) is 28.7 Å². The highest BCUT2D eigenvalue weighted by Gasteiger charge is 2.18. The van der Waals surface area contributed by atoms with Crippen molar-refractivity contribution in [2.24, 2.45) is 7.05 Å². The lowest BCUT2D eigenvalue weighted by molar-refractivity contribution is 0.750. The maximum atomic E-state index is 5.93. The SMILES string of the molecule is Cc1ccccc1-n1c(CCCl)nc2c(C)nn(C)c21. The van der Waals surface area contributed by atoms with Crippen molar-refractivity contribution in [2.75, 3.05) is 5.88 Å². The standard InChI is InChI=1S/C15H17ClN4/c1-10-6-4-5-7-12(10)20-13(8-9-16)17-14-11(2)18-19(3)15(14)20/h4-7H,8-9H2,1-3H3. The predicted molar refractivity (Wildman–Crippen MR) is 81.7 cm³/mol. The molecule has 0 bridgehead atoms. The monoisotopic (exact) mass is 288 g/mol. The molecule has 0 unspecified atom stereocenters. The lowest BCUT2D eigenvalue weighted by Gasteiger charge is -2.11. The third-order valence-corrected chi connectivity index (χ3v) is 3.74. The fraction of sp³-hybridized carbons (Fsp3) is 0.333. The molecule has 0 aliphatic heterocycles. The molecule has 0 N–H and O–H groups in total. The van der Waals surface area contributed by atoms with Crippen LogP contribution in [0.15, 0.2) is 24.3 Å². The van der Waals surface area contributed by atoms with Gasteiger partial charge in [0, 0.05) is 19.3 Å². The topological polar surface area (TPSA) is 35.6 Å². The van der Waals surface area contributed by atoms with Gasteiger partial charge in [-0.2, -0.15) is 5.10 Å². The summed E-state index contributed by atoms with van der Waals surface area (Å²) < 4.78 is 4.06. The van der Waals surface area contributed by atoms with Crippen molar-refractivity contribution in [3.63, 3.8) is 0 Å². The second-order valence-electron chi connectivity index (χ2n) is 4.97. The lowest BCUT2D eigenvalue weighted by atomic mass is 10.2. The number of rotatable bonds is 3. The molecule has 1 aromatic carbocycles. The van der Waals surface area contributed by atoms with E-state index in [4.69, 9.17) is 16.6 Å². The first-order chi connectivity index (χ1) is 9.63. The van der Waals surface area contributed by atoms with E-state index in [1.807, 2.05) is 30.8 Å². The molecule has 0 aliphatic carbocycles. The molecule has 3 rings (SSSR count). The average Bonchev–Trinajstić information content (AvgIpc) is 2.90. The van der Waals surface area contributed by atoms with Gasteiger partial charge >= 0.3 is 0 Å². The summed E-state index contributed by atoms with van der Waals surface area (Å²) in [5.41, 5.74) is 5.28. The number of aryl methyl sites for hydroxylation is 4. The Bertz CT molecular complexity index is 770. The van der Waals surface area contributed by atoms with E-state index < -0.39 is 0 Å². The van der Waals surface area contributed by atoms with Gasteiger partial charge in [0.05, 0.1) is 11.4 Å². The van der Waals surface area contributed by atoms with Crippen molar-refractivity contribution in [3.8, 4) is 5.69 Å². The maximum absolute atomic E-state index is 5.93. The number of hydrogen-bond acceptors (Lipinski definition) is 2. The Morgan fingerprint density at radius 1 is 1.20 bits per heavy atom. The zero-order valence-corrected chi connectivity index (χ0v) is 12.6. The van der Waals surface area contributed by atoms with Crippen LogP contribution in [-0.2, 0) is 13.5 Å². The molecule has 2 aromatic heterocycles. The Morgan fingerprint density at radius 2 is 1.95 bits per heavy atom.